The van der Waals surface area contributed by atoms with E-state index in [0.717, 1.165) is 18.4 Å². The van der Waals surface area contributed by atoms with Gasteiger partial charge in [0.05, 0.1) is 0 Å². The molecule has 0 spiro atoms. The van der Waals surface area contributed by atoms with Crippen LogP contribution in [0.25, 0.3) is 0 Å². The summed E-state index contributed by atoms with van der Waals surface area (Å²) in [6.45, 7) is 4.79. The number of hydrogen-bond donors (Lipinski definition) is 1. The lowest BCUT2D eigenvalue weighted by atomic mass is 10.1. The minimum atomic E-state index is -0.0255. The summed E-state index contributed by atoms with van der Waals surface area (Å²) >= 11 is 0. The van der Waals surface area contributed by atoms with Gasteiger partial charge in [0.2, 0.25) is 5.91 Å². The lowest BCUT2D eigenvalue weighted by Crippen LogP contribution is -2.32. The second-order valence-corrected chi connectivity index (χ2v) is 4.79. The average molecular weight is 248 g/mol. The summed E-state index contributed by atoms with van der Waals surface area (Å²) in [4.78, 5) is 13.6. The zero-order chi connectivity index (χ0) is 13.5. The summed E-state index contributed by atoms with van der Waals surface area (Å²) in [5.74, 6) is 0.115. The van der Waals surface area contributed by atoms with E-state index in [0.29, 0.717) is 13.0 Å². The molecule has 0 saturated carbocycles. The van der Waals surface area contributed by atoms with Gasteiger partial charge in [-0.05, 0) is 24.0 Å². The minimum absolute atomic E-state index is 0.0255. The Morgan fingerprint density at radius 3 is 2.28 bits per heavy atom. The summed E-state index contributed by atoms with van der Waals surface area (Å²) < 4.78 is 0. The molecule has 0 aliphatic carbocycles. The van der Waals surface area contributed by atoms with Gasteiger partial charge in [-0.1, -0.05) is 38.1 Å². The normalized spacial score (nSPS) is 12.2. The number of amides is 1. The molecule has 1 amide bonds. The number of carbonyl (C=O) groups is 1. The van der Waals surface area contributed by atoms with Gasteiger partial charge >= 0.3 is 0 Å². The maximum atomic E-state index is 11.9. The molecule has 1 atom stereocenters. The summed E-state index contributed by atoms with van der Waals surface area (Å²) in [5, 5.41) is 0. The Kier molecular flexibility index (Phi) is 5.86. The smallest absolute Gasteiger partial charge is 0.224 e. The van der Waals surface area contributed by atoms with Crippen molar-refractivity contribution in [1.82, 2.24) is 4.90 Å². The average Bonchev–Trinajstić information content (AvgIpc) is 2.39. The first kappa shape index (κ1) is 14.7. The van der Waals surface area contributed by atoms with Crippen LogP contribution in [0.5, 0.6) is 0 Å². The SMILES string of the molecule is CCc1ccc(CN(C)C(=O)CC(N)CC)cc1. The van der Waals surface area contributed by atoms with E-state index in [9.17, 15) is 4.79 Å². The first-order valence-corrected chi connectivity index (χ1v) is 6.64. The van der Waals surface area contributed by atoms with E-state index >= 15 is 0 Å². The first-order valence-electron chi connectivity index (χ1n) is 6.64. The maximum absolute atomic E-state index is 11.9. The van der Waals surface area contributed by atoms with Gasteiger partial charge in [0, 0.05) is 26.1 Å². The molecule has 3 heteroatoms. The van der Waals surface area contributed by atoms with Crippen LogP contribution in [0.1, 0.15) is 37.8 Å². The van der Waals surface area contributed by atoms with Gasteiger partial charge in [-0.15, -0.1) is 0 Å². The standard InChI is InChI=1S/C15H24N2O/c1-4-12-6-8-13(9-7-12)11-17(3)15(18)10-14(16)5-2/h6-9,14H,4-5,10-11,16H2,1-3H3. The van der Waals surface area contributed by atoms with E-state index in [4.69, 9.17) is 5.73 Å². The minimum Gasteiger partial charge on any atom is -0.341 e. The Labute approximate surface area is 110 Å². The third kappa shape index (κ3) is 4.49. The van der Waals surface area contributed by atoms with E-state index in [2.05, 4.69) is 31.2 Å². The molecule has 0 aliphatic heterocycles. The fraction of sp³-hybridized carbons (Fsp3) is 0.533. The molecule has 1 aromatic carbocycles. The highest BCUT2D eigenvalue weighted by atomic mass is 16.2. The van der Waals surface area contributed by atoms with Crippen LogP contribution in [-0.2, 0) is 17.8 Å². The van der Waals surface area contributed by atoms with Gasteiger partial charge in [-0.2, -0.15) is 0 Å². The Morgan fingerprint density at radius 1 is 1.22 bits per heavy atom. The predicted molar refractivity (Wildman–Crippen MR) is 75.2 cm³/mol. The molecule has 1 rings (SSSR count). The van der Waals surface area contributed by atoms with Crippen molar-refractivity contribution in [3.05, 3.63) is 35.4 Å². The summed E-state index contributed by atoms with van der Waals surface area (Å²) in [6.07, 6.45) is 2.31. The second kappa shape index (κ2) is 7.17. The topological polar surface area (TPSA) is 46.3 Å². The molecular formula is C15H24N2O. The molecule has 0 aromatic heterocycles. The zero-order valence-electron chi connectivity index (χ0n) is 11.6. The maximum Gasteiger partial charge on any atom is 0.224 e. The molecule has 3 nitrogen and oxygen atoms in total. The van der Waals surface area contributed by atoms with Crippen LogP contribution in [0.3, 0.4) is 0 Å². The van der Waals surface area contributed by atoms with Gasteiger partial charge in [0.25, 0.3) is 0 Å². The number of aryl methyl sites for hydroxylation is 1. The number of hydrogen-bond acceptors (Lipinski definition) is 2. The number of rotatable bonds is 6. The predicted octanol–water partition coefficient (Wildman–Crippen LogP) is 2.33. The first-order chi connectivity index (χ1) is 8.56. The van der Waals surface area contributed by atoms with Crippen molar-refractivity contribution in [1.29, 1.82) is 0 Å². The highest BCUT2D eigenvalue weighted by Gasteiger charge is 2.12. The number of carbonyl (C=O) groups excluding carboxylic acids is 1. The van der Waals surface area contributed by atoms with Crippen molar-refractivity contribution in [2.45, 2.75) is 45.7 Å². The molecule has 0 heterocycles. The summed E-state index contributed by atoms with van der Waals surface area (Å²) in [5.41, 5.74) is 8.28. The largest absolute Gasteiger partial charge is 0.341 e. The molecule has 0 radical (unpaired) electrons. The fourth-order valence-corrected chi connectivity index (χ4v) is 1.77. The van der Waals surface area contributed by atoms with Gasteiger partial charge in [-0.3, -0.25) is 4.79 Å². The van der Waals surface area contributed by atoms with Crippen LogP contribution < -0.4 is 5.73 Å². The zero-order valence-corrected chi connectivity index (χ0v) is 11.6. The fourth-order valence-electron chi connectivity index (χ4n) is 1.77. The lowest BCUT2D eigenvalue weighted by molar-refractivity contribution is -0.130. The third-order valence-electron chi connectivity index (χ3n) is 3.24. The van der Waals surface area contributed by atoms with Crippen molar-refractivity contribution in [3.63, 3.8) is 0 Å². The van der Waals surface area contributed by atoms with Crippen LogP contribution in [0.4, 0.5) is 0 Å². The van der Waals surface area contributed by atoms with E-state index in [1.165, 1.54) is 5.56 Å². The molecule has 1 unspecified atom stereocenters. The molecule has 1 aromatic rings. The van der Waals surface area contributed by atoms with Gasteiger partial charge in [-0.25, -0.2) is 0 Å². The summed E-state index contributed by atoms with van der Waals surface area (Å²) in [6, 6.07) is 8.38. The van der Waals surface area contributed by atoms with Gasteiger partial charge < -0.3 is 10.6 Å². The third-order valence-corrected chi connectivity index (χ3v) is 3.24. The van der Waals surface area contributed by atoms with E-state index in [1.807, 2.05) is 14.0 Å². The number of nitrogens with zero attached hydrogens (tertiary/aromatic N) is 1. The molecule has 100 valence electrons. The second-order valence-electron chi connectivity index (χ2n) is 4.79. The van der Waals surface area contributed by atoms with Crippen molar-refractivity contribution in [2.24, 2.45) is 5.73 Å². The van der Waals surface area contributed by atoms with Crippen molar-refractivity contribution in [3.8, 4) is 0 Å². The van der Waals surface area contributed by atoms with Crippen molar-refractivity contribution >= 4 is 5.91 Å². The monoisotopic (exact) mass is 248 g/mol. The Balaban J connectivity index is 2.52. The van der Waals surface area contributed by atoms with Crippen LogP contribution >= 0.6 is 0 Å². The van der Waals surface area contributed by atoms with Crippen molar-refractivity contribution in [2.75, 3.05) is 7.05 Å². The van der Waals surface area contributed by atoms with Crippen molar-refractivity contribution < 1.29 is 4.79 Å². The Morgan fingerprint density at radius 2 is 1.78 bits per heavy atom. The highest BCUT2D eigenvalue weighted by molar-refractivity contribution is 5.76. The van der Waals surface area contributed by atoms with Crippen LogP contribution in [0, 0.1) is 0 Å². The summed E-state index contributed by atoms with van der Waals surface area (Å²) in [7, 11) is 1.83. The van der Waals surface area contributed by atoms with Crippen LogP contribution in [0.2, 0.25) is 0 Å². The lowest BCUT2D eigenvalue weighted by Gasteiger charge is -2.19. The number of nitrogens with two attached hydrogens (primary N) is 1. The highest BCUT2D eigenvalue weighted by Crippen LogP contribution is 2.08. The molecule has 0 fully saturated rings. The van der Waals surface area contributed by atoms with E-state index in [-0.39, 0.29) is 11.9 Å². The Hall–Kier alpha value is -1.35. The Bertz CT molecular complexity index is 373. The van der Waals surface area contributed by atoms with Gasteiger partial charge in [0.15, 0.2) is 0 Å². The quantitative estimate of drug-likeness (QED) is 0.840. The van der Waals surface area contributed by atoms with Crippen LogP contribution in [-0.4, -0.2) is 23.9 Å². The molecule has 0 saturated heterocycles. The number of benzene rings is 1. The molecular weight excluding hydrogens is 224 g/mol. The molecule has 0 aliphatic rings. The van der Waals surface area contributed by atoms with E-state index < -0.39 is 0 Å². The molecule has 0 bridgehead atoms. The van der Waals surface area contributed by atoms with Crippen LogP contribution in [0.15, 0.2) is 24.3 Å². The van der Waals surface area contributed by atoms with E-state index in [1.54, 1.807) is 4.90 Å². The molecule has 18 heavy (non-hydrogen) atoms. The van der Waals surface area contributed by atoms with Gasteiger partial charge in [0.1, 0.15) is 0 Å². The molecule has 2 N–H and O–H groups in total.